The molecule has 0 N–H and O–H groups in total. The fraction of sp³-hybridized carbons (Fsp3) is 0.515. The number of aryl methyl sites for hydroxylation is 6. The van der Waals surface area contributed by atoms with E-state index in [1.165, 1.54) is 162 Å². The van der Waals surface area contributed by atoms with E-state index in [4.69, 9.17) is 49.3 Å². The first-order valence-corrected chi connectivity index (χ1v) is 49.2. The third kappa shape index (κ3) is 16.8. The lowest BCUT2D eigenvalue weighted by molar-refractivity contribution is 0.0324. The van der Waals surface area contributed by atoms with Gasteiger partial charge in [0.25, 0.3) is 0 Å². The summed E-state index contributed by atoms with van der Waals surface area (Å²) in [6.07, 6.45) is 39.3. The van der Waals surface area contributed by atoms with Gasteiger partial charge in [0, 0.05) is 75.1 Å². The summed E-state index contributed by atoms with van der Waals surface area (Å²) in [7, 11) is 0. The van der Waals surface area contributed by atoms with Crippen LogP contribution in [0.3, 0.4) is 0 Å². The van der Waals surface area contributed by atoms with Crippen molar-refractivity contribution in [2.75, 3.05) is 0 Å². The molecule has 16 rings (SSSR count). The van der Waals surface area contributed by atoms with Crippen LogP contribution in [0, 0.1) is 58.3 Å². The van der Waals surface area contributed by atoms with Crippen LogP contribution in [-0.2, 0) is 17.6 Å². The number of carbonyl (C=O) groups excluding carboxylic acids is 2. The summed E-state index contributed by atoms with van der Waals surface area (Å²) in [6.45, 7) is 31.5. The van der Waals surface area contributed by atoms with Gasteiger partial charge in [-0.2, -0.15) is 0 Å². The van der Waals surface area contributed by atoms with Gasteiger partial charge in [0.1, 0.15) is 78.6 Å². The summed E-state index contributed by atoms with van der Waals surface area (Å²) in [5.74, 6) is 3.67. The Morgan fingerprint density at radius 3 is 1.11 bits per heavy atom. The van der Waals surface area contributed by atoms with E-state index in [1.807, 2.05) is 73.7 Å². The van der Waals surface area contributed by atoms with Gasteiger partial charge in [-0.05, 0) is 140 Å². The zero-order valence-electron chi connectivity index (χ0n) is 73.4. The van der Waals surface area contributed by atoms with Crippen molar-refractivity contribution < 1.29 is 19.1 Å². The highest BCUT2D eigenvalue weighted by Crippen LogP contribution is 2.63. The predicted octanol–water partition coefficient (Wildman–Crippen LogP) is 30.9. The van der Waals surface area contributed by atoms with Gasteiger partial charge in [0.2, 0.25) is 11.6 Å². The standard InChI is InChI=1S/C103H124N8O4S4/c1-15-18-20-22-24-26-28-30-32-38-52-102(53-39-33-31-29-27-25-23-21-19-16-2)74-56-69(17-3)116-98(74)100-76(114-102)58-80(118-100)83-91-90(106-67(13)68(14)107-91)81(92-93(83)111-95-87(109-92)71-47-35-37-49-73(71)97(95)113)78-57-75-99(117-78)101-77(115-103(75,54-50-62(8)44-40-42-60(4)5)55-51-63(9)45-41-43-61(6)7)59-79(119-101)82-88-84(104-65(11)66(12)105-88)64(10)85-89(82)110-94-86(108-85)70-46-34-36-48-72(70)96(94)112/h34-37,46-49,56-63H,15-33,38-45,50-55H2,1-14H3. The van der Waals surface area contributed by atoms with Crippen molar-refractivity contribution in [2.45, 2.75) is 320 Å². The van der Waals surface area contributed by atoms with Crippen molar-refractivity contribution in [1.29, 1.82) is 0 Å². The number of hydrogen-bond acceptors (Lipinski definition) is 16. The van der Waals surface area contributed by atoms with E-state index in [9.17, 15) is 4.79 Å². The Morgan fingerprint density at radius 1 is 0.336 bits per heavy atom. The largest absolute Gasteiger partial charge is 0.481 e. The van der Waals surface area contributed by atoms with Crippen molar-refractivity contribution >= 4 is 101 Å². The second-order valence-electron chi connectivity index (χ2n) is 36.7. The molecule has 624 valence electrons. The van der Waals surface area contributed by atoms with Gasteiger partial charge in [-0.25, -0.2) is 39.9 Å². The van der Waals surface area contributed by atoms with Gasteiger partial charge < -0.3 is 9.47 Å². The SMILES string of the molecule is CCCCCCCCCCCCC1(CCCCCCCCCCCC)Oc2cc(-c3c4nc(C)c(C)nc4c(-c4cc5c(s4)-c4sc(-c6c7nc(C)c(C)nc7c(C)c7nc8c(nc67)C(=O)c6ccccc6-8)cc4OC5(CCC(C)CCCC(C)C)CCC(C)CCCC(C)C)c4nc5c(nc34)C(=O)c3ccccc3-5)sc2-c2sc(CC)cc21. The van der Waals surface area contributed by atoms with Crippen LogP contribution in [-0.4, -0.2) is 51.4 Å². The van der Waals surface area contributed by atoms with Crippen molar-refractivity contribution in [3.8, 4) is 84.8 Å². The van der Waals surface area contributed by atoms with Crippen LogP contribution < -0.4 is 9.47 Å². The van der Waals surface area contributed by atoms with Gasteiger partial charge in [-0.3, -0.25) is 9.59 Å². The van der Waals surface area contributed by atoms with E-state index in [0.717, 1.165) is 190 Å². The molecule has 0 radical (unpaired) electrons. The average molecular weight is 1670 g/mol. The van der Waals surface area contributed by atoms with Crippen LogP contribution in [0.25, 0.3) is 117 Å². The minimum Gasteiger partial charge on any atom is -0.481 e. The summed E-state index contributed by atoms with van der Waals surface area (Å²) >= 11 is 7.22. The van der Waals surface area contributed by atoms with E-state index in [2.05, 4.69) is 107 Å². The second-order valence-corrected chi connectivity index (χ2v) is 41.0. The van der Waals surface area contributed by atoms with Gasteiger partial charge in [-0.15, -0.1) is 45.3 Å². The number of benzene rings is 4. The van der Waals surface area contributed by atoms with E-state index in [-0.39, 0.29) is 11.6 Å². The first-order valence-electron chi connectivity index (χ1n) is 46.0. The molecule has 2 unspecified atom stereocenters. The highest BCUT2D eigenvalue weighted by Gasteiger charge is 2.47. The Hall–Kier alpha value is -8.02. The fourth-order valence-electron chi connectivity index (χ4n) is 19.4. The molecule has 8 aromatic heterocycles. The molecular weight excluding hydrogens is 1540 g/mol. The Labute approximate surface area is 722 Å². The Morgan fingerprint density at radius 2 is 0.672 bits per heavy atom. The zero-order valence-corrected chi connectivity index (χ0v) is 76.7. The maximum Gasteiger partial charge on any atom is 0.214 e. The molecular formula is C103H124N8O4S4. The van der Waals surface area contributed by atoms with Gasteiger partial charge >= 0.3 is 0 Å². The minimum atomic E-state index is -0.759. The van der Waals surface area contributed by atoms with Crippen LogP contribution >= 0.6 is 45.3 Å². The topological polar surface area (TPSA) is 156 Å². The maximum atomic E-state index is 15.2. The van der Waals surface area contributed by atoms with Crippen molar-refractivity contribution in [2.24, 2.45) is 23.7 Å². The number of aromatic nitrogens is 8. The molecule has 2 aliphatic heterocycles. The molecule has 0 saturated heterocycles. The number of rotatable bonds is 40. The minimum absolute atomic E-state index is 0.125. The highest BCUT2D eigenvalue weighted by atomic mass is 32.1. The molecule has 119 heavy (non-hydrogen) atoms. The number of fused-ring (bicyclic) bond motifs is 16. The molecule has 0 spiro atoms. The number of ether oxygens (including phenoxy) is 2. The third-order valence-corrected chi connectivity index (χ3v) is 31.8. The van der Waals surface area contributed by atoms with Gasteiger partial charge in [0.05, 0.1) is 53.3 Å². The van der Waals surface area contributed by atoms with Crippen LogP contribution in [0.1, 0.15) is 344 Å². The summed E-state index contributed by atoms with van der Waals surface area (Å²) < 4.78 is 16.2. The van der Waals surface area contributed by atoms with E-state index >= 15 is 4.79 Å². The number of nitrogens with zero attached hydrogens (tertiary/aromatic N) is 8. The first kappa shape index (κ1) is 84.6. The van der Waals surface area contributed by atoms with E-state index in [1.54, 1.807) is 34.0 Å². The molecule has 10 heterocycles. The van der Waals surface area contributed by atoms with Crippen molar-refractivity contribution in [3.05, 3.63) is 140 Å². The molecule has 0 bridgehead atoms. The lowest BCUT2D eigenvalue weighted by Crippen LogP contribution is -2.36. The van der Waals surface area contributed by atoms with Crippen molar-refractivity contribution in [1.82, 2.24) is 39.9 Å². The predicted molar refractivity (Wildman–Crippen MR) is 500 cm³/mol. The maximum absolute atomic E-state index is 15.2. The molecule has 4 aliphatic rings. The highest BCUT2D eigenvalue weighted by molar-refractivity contribution is 7.26. The van der Waals surface area contributed by atoms with Crippen LogP contribution in [0.5, 0.6) is 11.5 Å². The molecule has 4 aromatic carbocycles. The second kappa shape index (κ2) is 36.6. The number of thiophene rings is 4. The van der Waals surface area contributed by atoms with Crippen LogP contribution in [0.4, 0.5) is 0 Å². The quantitative estimate of drug-likeness (QED) is 0.0265. The first-order chi connectivity index (χ1) is 57.7. The van der Waals surface area contributed by atoms with Gasteiger partial charge in [-0.1, -0.05) is 265 Å². The number of hydrogen-bond donors (Lipinski definition) is 0. The molecule has 0 saturated carbocycles. The Bertz CT molecular complexity index is 5730. The Kier molecular flexibility index (Phi) is 26.0. The summed E-state index contributed by atoms with van der Waals surface area (Å²) in [5, 5.41) is 0. The number of ketones is 2. The monoisotopic (exact) mass is 1660 g/mol. The molecule has 2 aliphatic carbocycles. The lowest BCUT2D eigenvalue weighted by atomic mass is 9.78. The molecule has 12 nitrogen and oxygen atoms in total. The van der Waals surface area contributed by atoms with Gasteiger partial charge in [0.15, 0.2) is 0 Å². The molecule has 0 fully saturated rings. The molecule has 2 atom stereocenters. The average Bonchev–Trinajstić information content (AvgIpc) is 1.59. The Balaban J connectivity index is 0.885. The fourth-order valence-corrected chi connectivity index (χ4v) is 24.5. The third-order valence-electron chi connectivity index (χ3n) is 26.7. The van der Waals surface area contributed by atoms with Crippen LogP contribution in [0.2, 0.25) is 0 Å². The summed E-state index contributed by atoms with van der Waals surface area (Å²) in [6, 6.07) is 25.2. The molecule has 16 heteroatoms. The van der Waals surface area contributed by atoms with E-state index < -0.39 is 11.2 Å². The normalized spacial score (nSPS) is 15.4. The van der Waals surface area contributed by atoms with Crippen LogP contribution in [0.15, 0.2) is 72.8 Å². The molecule has 0 amide bonds. The molecule has 12 aromatic rings. The lowest BCUT2D eigenvalue weighted by Gasteiger charge is -2.39. The smallest absolute Gasteiger partial charge is 0.214 e. The summed E-state index contributed by atoms with van der Waals surface area (Å²) in [4.78, 5) is 83.7. The number of unbranched alkanes of at least 4 members (excludes halogenated alkanes) is 18. The summed E-state index contributed by atoms with van der Waals surface area (Å²) in [5.41, 5.74) is 18.2. The zero-order chi connectivity index (χ0) is 83.0. The van der Waals surface area contributed by atoms with Crippen molar-refractivity contribution in [3.63, 3.8) is 0 Å². The van der Waals surface area contributed by atoms with E-state index in [0.29, 0.717) is 79.6 Å². The number of carbonyl (C=O) groups is 2.